The largest absolute Gasteiger partial charge is 0.481 e. The minimum atomic E-state index is -0.750. The zero-order valence-corrected chi connectivity index (χ0v) is 12.7. The van der Waals surface area contributed by atoms with Gasteiger partial charge in [-0.3, -0.25) is 4.79 Å². The molecule has 0 saturated carbocycles. The number of aryl methyl sites for hydroxylation is 1. The fraction of sp³-hybridized carbons (Fsp3) is 0.588. The maximum atomic E-state index is 10.6. The van der Waals surface area contributed by atoms with Crippen LogP contribution in [0.5, 0.6) is 0 Å². The predicted octanol–water partition coefficient (Wildman–Crippen LogP) is 3.32. The number of hydrogen-bond donors (Lipinski definition) is 2. The second-order valence-electron chi connectivity index (χ2n) is 5.91. The van der Waals surface area contributed by atoms with Crippen LogP contribution in [0, 0.1) is 5.41 Å². The van der Waals surface area contributed by atoms with E-state index in [9.17, 15) is 4.79 Å². The molecule has 2 N–H and O–H groups in total. The smallest absolute Gasteiger partial charge is 0.303 e. The van der Waals surface area contributed by atoms with Gasteiger partial charge in [0.05, 0.1) is 0 Å². The molecule has 4 nitrogen and oxygen atoms in total. The maximum absolute atomic E-state index is 10.6. The molecule has 21 heavy (non-hydrogen) atoms. The lowest BCUT2D eigenvalue weighted by Crippen LogP contribution is -2.35. The van der Waals surface area contributed by atoms with Crippen LogP contribution in [-0.2, 0) is 16.0 Å². The van der Waals surface area contributed by atoms with Crippen molar-refractivity contribution in [3.63, 3.8) is 0 Å². The highest BCUT2D eigenvalue weighted by molar-refractivity contribution is 5.67. The van der Waals surface area contributed by atoms with E-state index in [1.165, 1.54) is 0 Å². The Morgan fingerprint density at radius 1 is 1.38 bits per heavy atom. The predicted molar refractivity (Wildman–Crippen MR) is 83.7 cm³/mol. The molecule has 1 fully saturated rings. The number of benzene rings is 1. The van der Waals surface area contributed by atoms with Gasteiger partial charge in [-0.25, -0.2) is 0 Å². The minimum absolute atomic E-state index is 0.180. The highest BCUT2D eigenvalue weighted by atomic mass is 16.5. The standard InChI is InChI=1S/C17H25NO3/c1-2-17(8-10-21-11-9-17)13-18-15-5-3-4-14(12-15)6-7-16(19)20/h3-5,12,18H,2,6-11,13H2,1H3,(H,19,20). The van der Waals surface area contributed by atoms with Crippen LogP contribution in [0.1, 0.15) is 38.2 Å². The number of nitrogens with one attached hydrogen (secondary N) is 1. The monoisotopic (exact) mass is 291 g/mol. The van der Waals surface area contributed by atoms with E-state index in [0.717, 1.165) is 50.3 Å². The molecule has 0 atom stereocenters. The van der Waals surface area contributed by atoms with Crippen molar-refractivity contribution >= 4 is 11.7 Å². The van der Waals surface area contributed by atoms with Gasteiger partial charge in [0.25, 0.3) is 0 Å². The van der Waals surface area contributed by atoms with Crippen LogP contribution in [0.25, 0.3) is 0 Å². The van der Waals surface area contributed by atoms with Gasteiger partial charge in [0, 0.05) is 31.9 Å². The van der Waals surface area contributed by atoms with E-state index in [2.05, 4.69) is 18.3 Å². The number of ether oxygens (including phenoxy) is 1. The van der Waals surface area contributed by atoms with Gasteiger partial charge in [-0.2, -0.15) is 0 Å². The number of rotatable bonds is 7. The number of carboxylic acid groups (broad SMARTS) is 1. The molecule has 0 unspecified atom stereocenters. The molecule has 0 aliphatic carbocycles. The van der Waals surface area contributed by atoms with Crippen molar-refractivity contribution in [2.45, 2.75) is 39.0 Å². The summed E-state index contributed by atoms with van der Waals surface area (Å²) in [5.74, 6) is -0.750. The van der Waals surface area contributed by atoms with Gasteiger partial charge in [-0.15, -0.1) is 0 Å². The van der Waals surface area contributed by atoms with Crippen LogP contribution in [-0.4, -0.2) is 30.8 Å². The third kappa shape index (κ3) is 4.74. The summed E-state index contributed by atoms with van der Waals surface area (Å²) in [6.45, 7) is 4.91. The summed E-state index contributed by atoms with van der Waals surface area (Å²) in [4.78, 5) is 10.6. The molecule has 0 aromatic heterocycles. The van der Waals surface area contributed by atoms with Crippen LogP contribution < -0.4 is 5.32 Å². The highest BCUT2D eigenvalue weighted by Crippen LogP contribution is 2.34. The van der Waals surface area contributed by atoms with E-state index in [4.69, 9.17) is 9.84 Å². The quantitative estimate of drug-likeness (QED) is 0.809. The Morgan fingerprint density at radius 2 is 2.14 bits per heavy atom. The van der Waals surface area contributed by atoms with Gasteiger partial charge in [0.2, 0.25) is 0 Å². The second-order valence-corrected chi connectivity index (χ2v) is 5.91. The number of carboxylic acids is 1. The summed E-state index contributed by atoms with van der Waals surface area (Å²) in [5, 5.41) is 12.3. The lowest BCUT2D eigenvalue weighted by atomic mass is 9.78. The molecule has 0 bridgehead atoms. The zero-order chi connectivity index (χ0) is 15.1. The summed E-state index contributed by atoms with van der Waals surface area (Å²) < 4.78 is 5.47. The number of aliphatic carboxylic acids is 1. The maximum Gasteiger partial charge on any atom is 0.303 e. The van der Waals surface area contributed by atoms with Gasteiger partial charge >= 0.3 is 5.97 Å². The SMILES string of the molecule is CCC1(CNc2cccc(CCC(=O)O)c2)CCOCC1. The normalized spacial score (nSPS) is 17.4. The Balaban J connectivity index is 1.92. The van der Waals surface area contributed by atoms with Gasteiger partial charge < -0.3 is 15.2 Å². The van der Waals surface area contributed by atoms with E-state index in [0.29, 0.717) is 11.8 Å². The van der Waals surface area contributed by atoms with Gasteiger partial charge in [0.15, 0.2) is 0 Å². The number of carbonyl (C=O) groups is 1. The molecule has 116 valence electrons. The molecule has 1 saturated heterocycles. The van der Waals surface area contributed by atoms with Crippen molar-refractivity contribution in [2.75, 3.05) is 25.1 Å². The molecular formula is C17H25NO3. The third-order valence-electron chi connectivity index (χ3n) is 4.53. The summed E-state index contributed by atoms with van der Waals surface area (Å²) in [6, 6.07) is 8.08. The van der Waals surface area contributed by atoms with Crippen molar-refractivity contribution in [3.8, 4) is 0 Å². The first-order chi connectivity index (χ1) is 10.1. The summed E-state index contributed by atoms with van der Waals surface area (Å²) >= 11 is 0. The second kappa shape index (κ2) is 7.46. The zero-order valence-electron chi connectivity index (χ0n) is 12.7. The topological polar surface area (TPSA) is 58.6 Å². The van der Waals surface area contributed by atoms with Crippen LogP contribution in [0.2, 0.25) is 0 Å². The first kappa shape index (κ1) is 15.8. The Morgan fingerprint density at radius 3 is 2.81 bits per heavy atom. The van der Waals surface area contributed by atoms with Crippen LogP contribution in [0.15, 0.2) is 24.3 Å². The van der Waals surface area contributed by atoms with Crippen LogP contribution in [0.3, 0.4) is 0 Å². The molecular weight excluding hydrogens is 266 g/mol. The molecule has 2 rings (SSSR count). The summed E-state index contributed by atoms with van der Waals surface area (Å²) in [5.41, 5.74) is 2.48. The molecule has 0 amide bonds. The van der Waals surface area contributed by atoms with Crippen molar-refractivity contribution < 1.29 is 14.6 Å². The van der Waals surface area contributed by atoms with E-state index < -0.39 is 5.97 Å². The molecule has 1 aliphatic heterocycles. The van der Waals surface area contributed by atoms with Crippen molar-refractivity contribution in [1.29, 1.82) is 0 Å². The Labute approximate surface area is 126 Å². The summed E-state index contributed by atoms with van der Waals surface area (Å²) in [7, 11) is 0. The van der Waals surface area contributed by atoms with E-state index in [1.54, 1.807) is 0 Å². The van der Waals surface area contributed by atoms with Crippen LogP contribution in [0.4, 0.5) is 5.69 Å². The molecule has 0 radical (unpaired) electrons. The Hall–Kier alpha value is -1.55. The third-order valence-corrected chi connectivity index (χ3v) is 4.53. The minimum Gasteiger partial charge on any atom is -0.481 e. The Kier molecular flexibility index (Phi) is 5.62. The van der Waals surface area contributed by atoms with E-state index in [-0.39, 0.29) is 6.42 Å². The van der Waals surface area contributed by atoms with E-state index >= 15 is 0 Å². The first-order valence-corrected chi connectivity index (χ1v) is 7.76. The molecule has 0 spiro atoms. The fourth-order valence-electron chi connectivity index (χ4n) is 2.84. The van der Waals surface area contributed by atoms with Gasteiger partial charge in [-0.1, -0.05) is 19.1 Å². The average Bonchev–Trinajstić information content (AvgIpc) is 2.52. The first-order valence-electron chi connectivity index (χ1n) is 7.76. The average molecular weight is 291 g/mol. The lowest BCUT2D eigenvalue weighted by Gasteiger charge is -2.36. The molecule has 1 aromatic carbocycles. The van der Waals surface area contributed by atoms with Gasteiger partial charge in [0.1, 0.15) is 0 Å². The van der Waals surface area contributed by atoms with Crippen molar-refractivity contribution in [2.24, 2.45) is 5.41 Å². The fourth-order valence-corrected chi connectivity index (χ4v) is 2.84. The summed E-state index contributed by atoms with van der Waals surface area (Å²) in [6.07, 6.45) is 4.13. The Bertz CT molecular complexity index is 467. The van der Waals surface area contributed by atoms with Crippen molar-refractivity contribution in [3.05, 3.63) is 29.8 Å². The molecule has 1 aliphatic rings. The number of hydrogen-bond acceptors (Lipinski definition) is 3. The number of anilines is 1. The molecule has 1 heterocycles. The highest BCUT2D eigenvalue weighted by Gasteiger charge is 2.30. The lowest BCUT2D eigenvalue weighted by molar-refractivity contribution is -0.136. The molecule has 1 aromatic rings. The van der Waals surface area contributed by atoms with Crippen molar-refractivity contribution in [1.82, 2.24) is 0 Å². The molecule has 4 heteroatoms. The van der Waals surface area contributed by atoms with Gasteiger partial charge in [-0.05, 0) is 48.8 Å². The van der Waals surface area contributed by atoms with Crippen LogP contribution >= 0.6 is 0 Å². The van der Waals surface area contributed by atoms with E-state index in [1.807, 2.05) is 18.2 Å².